The van der Waals surface area contributed by atoms with Crippen molar-refractivity contribution in [3.05, 3.63) is 59.6 Å². The molecular weight excluding hydrogens is 459 g/mol. The molecule has 0 saturated carbocycles. The van der Waals surface area contributed by atoms with Crippen molar-refractivity contribution in [2.24, 2.45) is 0 Å². The Morgan fingerprint density at radius 3 is 2.83 bits per heavy atom. The Kier molecular flexibility index (Phi) is 8.17. The van der Waals surface area contributed by atoms with E-state index in [0.717, 1.165) is 61.0 Å². The lowest BCUT2D eigenvalue weighted by molar-refractivity contribution is -0.117. The van der Waals surface area contributed by atoms with Crippen LogP contribution < -0.4 is 16.1 Å². The number of hydrazine groups is 1. The highest BCUT2D eigenvalue weighted by Crippen LogP contribution is 2.24. The van der Waals surface area contributed by atoms with E-state index in [-0.39, 0.29) is 18.1 Å². The summed E-state index contributed by atoms with van der Waals surface area (Å²) in [5.74, 6) is 0.0475. The number of amides is 1. The van der Waals surface area contributed by atoms with Crippen LogP contribution in [0.15, 0.2) is 36.8 Å². The van der Waals surface area contributed by atoms with Gasteiger partial charge in [-0.25, -0.2) is 19.8 Å². The number of rotatable bonds is 11. The number of nitrogens with one attached hydrogen (secondary N) is 3. The highest BCUT2D eigenvalue weighted by atomic mass is 19.1. The summed E-state index contributed by atoms with van der Waals surface area (Å²) in [5.41, 5.74) is 7.46. The van der Waals surface area contributed by atoms with Crippen LogP contribution in [-0.4, -0.2) is 69.5 Å². The van der Waals surface area contributed by atoms with E-state index < -0.39 is 5.82 Å². The molecule has 0 unspecified atom stereocenters. The van der Waals surface area contributed by atoms with Crippen molar-refractivity contribution in [3.63, 3.8) is 0 Å². The molecule has 10 heteroatoms. The van der Waals surface area contributed by atoms with Gasteiger partial charge in [-0.1, -0.05) is 26.0 Å². The first-order valence-electron chi connectivity index (χ1n) is 12.5. The van der Waals surface area contributed by atoms with Gasteiger partial charge in [0.25, 0.3) is 0 Å². The van der Waals surface area contributed by atoms with Crippen molar-refractivity contribution < 1.29 is 9.18 Å². The van der Waals surface area contributed by atoms with Gasteiger partial charge in [0.15, 0.2) is 11.5 Å². The molecule has 1 amide bonds. The smallest absolute Gasteiger partial charge is 0.245 e. The molecule has 0 aliphatic carbocycles. The summed E-state index contributed by atoms with van der Waals surface area (Å²) in [5, 5.41) is 7.81. The maximum absolute atomic E-state index is 14.2. The standard InChI is InChI=1S/C26H35FN8O/c1-5-33(6-2)12-8-11-28-25-26-29-14-22(35(26)15-19(4)31-25)20-13-30-34(16-20)17-23(36)32-21-10-7-9-18(3)24(21)27/h7,9-10,14-16,30H,5-6,8,11-13,17H2,1-4H3,(H,28,31)(H,32,36). The Morgan fingerprint density at radius 1 is 1.25 bits per heavy atom. The first kappa shape index (κ1) is 25.6. The van der Waals surface area contributed by atoms with Gasteiger partial charge >= 0.3 is 0 Å². The van der Waals surface area contributed by atoms with Gasteiger partial charge < -0.3 is 20.5 Å². The van der Waals surface area contributed by atoms with E-state index in [1.54, 1.807) is 30.1 Å². The number of carbonyl (C=O) groups excluding carboxylic acids is 1. The molecule has 3 heterocycles. The maximum Gasteiger partial charge on any atom is 0.245 e. The Hall–Kier alpha value is -3.50. The maximum atomic E-state index is 14.2. The molecule has 0 saturated heterocycles. The monoisotopic (exact) mass is 494 g/mol. The topological polar surface area (TPSA) is 89.8 Å². The molecule has 1 aliphatic heterocycles. The van der Waals surface area contributed by atoms with E-state index >= 15 is 0 Å². The molecule has 4 rings (SSSR count). The number of hydrogen-bond acceptors (Lipinski definition) is 7. The summed E-state index contributed by atoms with van der Waals surface area (Å²) in [6.07, 6.45) is 6.71. The van der Waals surface area contributed by atoms with Crippen molar-refractivity contribution >= 4 is 28.6 Å². The van der Waals surface area contributed by atoms with Crippen molar-refractivity contribution in [3.8, 4) is 0 Å². The van der Waals surface area contributed by atoms with Gasteiger partial charge in [0, 0.05) is 31.1 Å². The average molecular weight is 495 g/mol. The number of halogens is 1. The van der Waals surface area contributed by atoms with E-state index in [1.807, 2.05) is 29.9 Å². The summed E-state index contributed by atoms with van der Waals surface area (Å²) >= 11 is 0. The number of imidazole rings is 1. The van der Waals surface area contributed by atoms with Crippen molar-refractivity contribution in [2.45, 2.75) is 34.1 Å². The molecule has 3 aromatic rings. The van der Waals surface area contributed by atoms with Crippen LogP contribution in [0.4, 0.5) is 15.9 Å². The highest BCUT2D eigenvalue weighted by Gasteiger charge is 2.20. The quantitative estimate of drug-likeness (QED) is 0.352. The molecule has 9 nitrogen and oxygen atoms in total. The van der Waals surface area contributed by atoms with Crippen LogP contribution >= 0.6 is 0 Å². The number of fused-ring (bicyclic) bond motifs is 1. The molecule has 0 radical (unpaired) electrons. The van der Waals surface area contributed by atoms with E-state index in [1.165, 1.54) is 0 Å². The number of anilines is 2. The first-order valence-corrected chi connectivity index (χ1v) is 12.5. The minimum Gasteiger partial charge on any atom is -0.367 e. The minimum atomic E-state index is -0.413. The van der Waals surface area contributed by atoms with Crippen LogP contribution in [0.3, 0.4) is 0 Å². The fraction of sp³-hybridized carbons (Fsp3) is 0.423. The zero-order valence-electron chi connectivity index (χ0n) is 21.4. The van der Waals surface area contributed by atoms with Gasteiger partial charge in [-0.15, -0.1) is 0 Å². The summed E-state index contributed by atoms with van der Waals surface area (Å²) < 4.78 is 16.3. The van der Waals surface area contributed by atoms with Crippen LogP contribution in [0.5, 0.6) is 0 Å². The Morgan fingerprint density at radius 2 is 2.06 bits per heavy atom. The largest absolute Gasteiger partial charge is 0.367 e. The number of carbonyl (C=O) groups is 1. The second kappa shape index (κ2) is 11.5. The lowest BCUT2D eigenvalue weighted by atomic mass is 10.2. The van der Waals surface area contributed by atoms with E-state index in [4.69, 9.17) is 0 Å². The Labute approximate surface area is 211 Å². The molecule has 0 spiro atoms. The highest BCUT2D eigenvalue weighted by molar-refractivity contribution is 5.92. The second-order valence-electron chi connectivity index (χ2n) is 8.98. The number of benzene rings is 1. The molecule has 0 fully saturated rings. The number of nitrogens with zero attached hydrogens (tertiary/aromatic N) is 5. The molecule has 3 N–H and O–H groups in total. The van der Waals surface area contributed by atoms with Gasteiger partial charge in [-0.2, -0.15) is 0 Å². The lowest BCUT2D eigenvalue weighted by Crippen LogP contribution is -2.36. The predicted octanol–water partition coefficient (Wildman–Crippen LogP) is 3.43. The summed E-state index contributed by atoms with van der Waals surface area (Å²) in [6, 6.07) is 4.95. The summed E-state index contributed by atoms with van der Waals surface area (Å²) in [6.45, 7) is 12.6. The van der Waals surface area contributed by atoms with Crippen LogP contribution in [0.25, 0.3) is 11.2 Å². The van der Waals surface area contributed by atoms with Crippen LogP contribution in [0.2, 0.25) is 0 Å². The lowest BCUT2D eigenvalue weighted by Gasteiger charge is -2.18. The fourth-order valence-electron chi connectivity index (χ4n) is 4.33. The van der Waals surface area contributed by atoms with Gasteiger partial charge in [-0.05, 0) is 51.5 Å². The van der Waals surface area contributed by atoms with Crippen molar-refractivity contribution in [1.29, 1.82) is 0 Å². The molecule has 0 bridgehead atoms. The first-order chi connectivity index (χ1) is 17.4. The van der Waals surface area contributed by atoms with Crippen LogP contribution in [-0.2, 0) is 4.79 Å². The van der Waals surface area contributed by atoms with Crippen molar-refractivity contribution in [2.75, 3.05) is 49.9 Å². The van der Waals surface area contributed by atoms with E-state index in [9.17, 15) is 9.18 Å². The van der Waals surface area contributed by atoms with E-state index in [0.29, 0.717) is 12.1 Å². The number of aromatic nitrogens is 3. The minimum absolute atomic E-state index is 0.0492. The molecule has 0 atom stereocenters. The third-order valence-electron chi connectivity index (χ3n) is 6.34. The predicted molar refractivity (Wildman–Crippen MR) is 141 cm³/mol. The molecular formula is C26H35FN8O. The third-order valence-corrected chi connectivity index (χ3v) is 6.34. The Balaban J connectivity index is 1.43. The average Bonchev–Trinajstić information content (AvgIpc) is 3.48. The molecule has 192 valence electrons. The zero-order chi connectivity index (χ0) is 25.7. The van der Waals surface area contributed by atoms with Gasteiger partial charge in [-0.3, -0.25) is 9.20 Å². The molecule has 1 aliphatic rings. The van der Waals surface area contributed by atoms with Gasteiger partial charge in [0.05, 0.1) is 23.3 Å². The molecule has 1 aromatic carbocycles. The fourth-order valence-corrected chi connectivity index (χ4v) is 4.33. The van der Waals surface area contributed by atoms with Gasteiger partial charge in [0.1, 0.15) is 12.4 Å². The zero-order valence-corrected chi connectivity index (χ0v) is 21.4. The third kappa shape index (κ3) is 5.83. The van der Waals surface area contributed by atoms with Crippen LogP contribution in [0, 0.1) is 19.7 Å². The normalized spacial score (nSPS) is 13.5. The van der Waals surface area contributed by atoms with Gasteiger partial charge in [0.2, 0.25) is 5.91 Å². The van der Waals surface area contributed by atoms with Crippen LogP contribution in [0.1, 0.15) is 37.2 Å². The SMILES string of the molecule is CCN(CC)CCCNc1nc(C)cn2c(C3=CN(CC(=O)Nc4cccc(C)c4F)NC3)cnc12. The molecule has 2 aromatic heterocycles. The summed E-state index contributed by atoms with van der Waals surface area (Å²) in [7, 11) is 0. The second-order valence-corrected chi connectivity index (χ2v) is 8.98. The summed E-state index contributed by atoms with van der Waals surface area (Å²) in [4.78, 5) is 24.2. The van der Waals surface area contributed by atoms with E-state index in [2.05, 4.69) is 44.8 Å². The number of aryl methyl sites for hydroxylation is 2. The molecule has 36 heavy (non-hydrogen) atoms. The number of hydrogen-bond donors (Lipinski definition) is 3. The van der Waals surface area contributed by atoms with Crippen molar-refractivity contribution in [1.82, 2.24) is 29.7 Å². The Bertz CT molecular complexity index is 1250.